The first-order valence-electron chi connectivity index (χ1n) is 9.38. The summed E-state index contributed by atoms with van der Waals surface area (Å²) in [5, 5.41) is 2.99. The van der Waals surface area contributed by atoms with Crippen LogP contribution >= 0.6 is 0 Å². The number of ether oxygens (including phenoxy) is 1. The molecule has 1 aliphatic rings. The summed E-state index contributed by atoms with van der Waals surface area (Å²) in [5.74, 6) is -0.843. The molecular weight excluding hydrogens is 392 g/mol. The zero-order valence-electron chi connectivity index (χ0n) is 16.4. The van der Waals surface area contributed by atoms with Gasteiger partial charge in [0.25, 0.3) is 5.91 Å². The first-order chi connectivity index (χ1) is 13.8. The average Bonchev–Trinajstić information content (AvgIpc) is 2.73. The van der Waals surface area contributed by atoms with Crippen molar-refractivity contribution in [3.05, 3.63) is 65.2 Å². The minimum Gasteiger partial charge on any atom is -0.465 e. The fourth-order valence-electron chi connectivity index (χ4n) is 3.44. The molecule has 7 nitrogen and oxygen atoms in total. The SMILES string of the molecule is COC(=O)c1ccccc1S(=O)(=O)N1CCC(NC(=O)c2ccccc2C)CC1. The van der Waals surface area contributed by atoms with Gasteiger partial charge in [0, 0.05) is 24.7 Å². The first kappa shape index (κ1) is 21.0. The highest BCUT2D eigenvalue weighted by molar-refractivity contribution is 7.89. The van der Waals surface area contributed by atoms with Crippen molar-refractivity contribution >= 4 is 21.9 Å². The number of sulfonamides is 1. The maximum Gasteiger partial charge on any atom is 0.339 e. The second kappa shape index (κ2) is 8.75. The summed E-state index contributed by atoms with van der Waals surface area (Å²) in [6.07, 6.45) is 0.995. The number of carbonyl (C=O) groups is 2. The van der Waals surface area contributed by atoms with Gasteiger partial charge in [0.05, 0.1) is 17.6 Å². The predicted molar refractivity (Wildman–Crippen MR) is 108 cm³/mol. The van der Waals surface area contributed by atoms with Crippen LogP contribution in [0.15, 0.2) is 53.4 Å². The van der Waals surface area contributed by atoms with E-state index in [0.717, 1.165) is 5.56 Å². The number of benzene rings is 2. The van der Waals surface area contributed by atoms with Crippen LogP contribution in [-0.2, 0) is 14.8 Å². The van der Waals surface area contributed by atoms with E-state index in [2.05, 4.69) is 5.32 Å². The van der Waals surface area contributed by atoms with Gasteiger partial charge in [0.1, 0.15) is 0 Å². The Labute approximate surface area is 170 Å². The zero-order valence-corrected chi connectivity index (χ0v) is 17.2. The number of rotatable bonds is 5. The maximum atomic E-state index is 13.1. The van der Waals surface area contributed by atoms with E-state index in [0.29, 0.717) is 18.4 Å². The molecule has 1 aliphatic heterocycles. The van der Waals surface area contributed by atoms with Gasteiger partial charge in [-0.3, -0.25) is 4.79 Å². The summed E-state index contributed by atoms with van der Waals surface area (Å²) in [6, 6.07) is 13.3. The zero-order chi connectivity index (χ0) is 21.0. The Kier molecular flexibility index (Phi) is 6.34. The molecule has 2 aromatic carbocycles. The fourth-order valence-corrected chi connectivity index (χ4v) is 5.09. The summed E-state index contributed by atoms with van der Waals surface area (Å²) in [7, 11) is -2.62. The van der Waals surface area contributed by atoms with Crippen molar-refractivity contribution in [2.24, 2.45) is 0 Å². The highest BCUT2D eigenvalue weighted by Crippen LogP contribution is 2.24. The van der Waals surface area contributed by atoms with Crippen LogP contribution in [-0.4, -0.2) is 50.8 Å². The number of methoxy groups -OCH3 is 1. The molecule has 2 aromatic rings. The Morgan fingerprint density at radius 3 is 2.21 bits per heavy atom. The molecule has 8 heteroatoms. The number of piperidine rings is 1. The third-order valence-electron chi connectivity index (χ3n) is 5.09. The number of hydrogen-bond donors (Lipinski definition) is 1. The molecule has 1 heterocycles. The summed E-state index contributed by atoms with van der Waals surface area (Å²) in [5.41, 5.74) is 1.53. The van der Waals surface area contributed by atoms with Crippen molar-refractivity contribution in [2.75, 3.05) is 20.2 Å². The molecule has 1 saturated heterocycles. The van der Waals surface area contributed by atoms with Gasteiger partial charge in [0.2, 0.25) is 10.0 Å². The van der Waals surface area contributed by atoms with Gasteiger partial charge < -0.3 is 10.1 Å². The summed E-state index contributed by atoms with van der Waals surface area (Å²) >= 11 is 0. The number of carbonyl (C=O) groups excluding carboxylic acids is 2. The van der Waals surface area contributed by atoms with Gasteiger partial charge in [-0.05, 0) is 43.5 Å². The van der Waals surface area contributed by atoms with Crippen molar-refractivity contribution in [1.29, 1.82) is 0 Å². The molecule has 1 amide bonds. The highest BCUT2D eigenvalue weighted by atomic mass is 32.2. The van der Waals surface area contributed by atoms with Gasteiger partial charge in [-0.1, -0.05) is 30.3 Å². The number of aryl methyl sites for hydroxylation is 1. The van der Waals surface area contributed by atoms with E-state index in [1.165, 1.54) is 23.5 Å². The monoisotopic (exact) mass is 416 g/mol. The quantitative estimate of drug-likeness (QED) is 0.756. The van der Waals surface area contributed by atoms with Crippen molar-refractivity contribution in [3.8, 4) is 0 Å². The van der Waals surface area contributed by atoms with Crippen LogP contribution in [0.1, 0.15) is 39.1 Å². The maximum absolute atomic E-state index is 13.1. The fraction of sp³-hybridized carbons (Fsp3) is 0.333. The highest BCUT2D eigenvalue weighted by Gasteiger charge is 2.32. The van der Waals surface area contributed by atoms with E-state index in [-0.39, 0.29) is 35.5 Å². The number of esters is 1. The molecule has 0 unspecified atom stereocenters. The van der Waals surface area contributed by atoms with Crippen LogP contribution in [0.3, 0.4) is 0 Å². The Balaban J connectivity index is 1.68. The Morgan fingerprint density at radius 2 is 1.59 bits per heavy atom. The normalized spacial score (nSPS) is 15.7. The van der Waals surface area contributed by atoms with Crippen LogP contribution in [0.5, 0.6) is 0 Å². The van der Waals surface area contributed by atoms with Gasteiger partial charge in [-0.2, -0.15) is 4.31 Å². The Hall–Kier alpha value is -2.71. The molecule has 0 aromatic heterocycles. The van der Waals surface area contributed by atoms with E-state index in [1.807, 2.05) is 25.1 Å². The van der Waals surface area contributed by atoms with Crippen molar-refractivity contribution in [3.63, 3.8) is 0 Å². The number of amides is 1. The molecule has 3 rings (SSSR count). The Morgan fingerprint density at radius 1 is 1.00 bits per heavy atom. The smallest absolute Gasteiger partial charge is 0.339 e. The van der Waals surface area contributed by atoms with Crippen LogP contribution in [0, 0.1) is 6.92 Å². The molecule has 0 atom stereocenters. The molecule has 1 N–H and O–H groups in total. The van der Waals surface area contributed by atoms with Crippen molar-refractivity contribution in [2.45, 2.75) is 30.7 Å². The van der Waals surface area contributed by atoms with E-state index >= 15 is 0 Å². The summed E-state index contributed by atoms with van der Waals surface area (Å²) in [6.45, 7) is 2.40. The van der Waals surface area contributed by atoms with E-state index < -0.39 is 16.0 Å². The second-order valence-corrected chi connectivity index (χ2v) is 8.86. The van der Waals surface area contributed by atoms with Crippen molar-refractivity contribution in [1.82, 2.24) is 9.62 Å². The number of hydrogen-bond acceptors (Lipinski definition) is 5. The molecule has 0 aliphatic carbocycles. The van der Waals surface area contributed by atoms with Crippen LogP contribution in [0.2, 0.25) is 0 Å². The average molecular weight is 416 g/mol. The lowest BCUT2D eigenvalue weighted by Crippen LogP contribution is -2.46. The second-order valence-electron chi connectivity index (χ2n) is 6.95. The molecule has 0 radical (unpaired) electrons. The molecule has 1 fully saturated rings. The molecular formula is C21H24N2O5S. The third kappa shape index (κ3) is 4.49. The van der Waals surface area contributed by atoms with Crippen molar-refractivity contribution < 1.29 is 22.7 Å². The molecule has 0 bridgehead atoms. The summed E-state index contributed by atoms with van der Waals surface area (Å²) in [4.78, 5) is 24.4. The van der Waals surface area contributed by atoms with Gasteiger partial charge in [-0.25, -0.2) is 13.2 Å². The van der Waals surface area contributed by atoms with Crippen LogP contribution in [0.4, 0.5) is 0 Å². The summed E-state index contributed by atoms with van der Waals surface area (Å²) < 4.78 is 32.2. The van der Waals surface area contributed by atoms with E-state index in [9.17, 15) is 18.0 Å². The molecule has 29 heavy (non-hydrogen) atoms. The van der Waals surface area contributed by atoms with Gasteiger partial charge in [0.15, 0.2) is 0 Å². The topological polar surface area (TPSA) is 92.8 Å². The lowest BCUT2D eigenvalue weighted by Gasteiger charge is -2.32. The molecule has 0 spiro atoms. The van der Waals surface area contributed by atoms with E-state index in [4.69, 9.17) is 4.74 Å². The lowest BCUT2D eigenvalue weighted by molar-refractivity contribution is 0.0595. The standard InChI is InChI=1S/C21H24N2O5S/c1-15-7-3-4-8-17(15)20(24)22-16-11-13-23(14-12-16)29(26,27)19-10-6-5-9-18(19)21(25)28-2/h3-10,16H,11-14H2,1-2H3,(H,22,24). The lowest BCUT2D eigenvalue weighted by atomic mass is 10.0. The third-order valence-corrected chi connectivity index (χ3v) is 7.05. The number of nitrogens with zero attached hydrogens (tertiary/aromatic N) is 1. The van der Waals surface area contributed by atoms with Gasteiger partial charge in [-0.15, -0.1) is 0 Å². The molecule has 0 saturated carbocycles. The minimum absolute atomic E-state index is 0.0185. The minimum atomic E-state index is -3.84. The van der Waals surface area contributed by atoms with E-state index in [1.54, 1.807) is 18.2 Å². The molecule has 154 valence electrons. The predicted octanol–water partition coefficient (Wildman–Crippen LogP) is 2.36. The van der Waals surface area contributed by atoms with Crippen LogP contribution < -0.4 is 5.32 Å². The Bertz CT molecular complexity index is 1010. The van der Waals surface area contributed by atoms with Crippen LogP contribution in [0.25, 0.3) is 0 Å². The van der Waals surface area contributed by atoms with Gasteiger partial charge >= 0.3 is 5.97 Å². The number of nitrogens with one attached hydrogen (secondary N) is 1. The largest absolute Gasteiger partial charge is 0.465 e. The first-order valence-corrected chi connectivity index (χ1v) is 10.8.